The van der Waals surface area contributed by atoms with Crippen LogP contribution in [0.3, 0.4) is 0 Å². The summed E-state index contributed by atoms with van der Waals surface area (Å²) >= 11 is 0. The number of imidazole rings is 1. The van der Waals surface area contributed by atoms with E-state index in [0.717, 1.165) is 24.9 Å². The molecule has 0 spiro atoms. The van der Waals surface area contributed by atoms with Crippen molar-refractivity contribution in [3.63, 3.8) is 0 Å². The molecule has 0 bridgehead atoms. The molecule has 1 aromatic carbocycles. The van der Waals surface area contributed by atoms with Gasteiger partial charge in [0.1, 0.15) is 5.82 Å². The van der Waals surface area contributed by atoms with Crippen molar-refractivity contribution >= 4 is 5.91 Å². The number of hydrogen-bond acceptors (Lipinski definition) is 3. The van der Waals surface area contributed by atoms with Crippen molar-refractivity contribution in [3.8, 4) is 0 Å². The summed E-state index contributed by atoms with van der Waals surface area (Å²) < 4.78 is 21.3. The Balaban J connectivity index is 1.56. The van der Waals surface area contributed by atoms with Gasteiger partial charge in [-0.25, -0.2) is 9.37 Å². The fourth-order valence-electron chi connectivity index (χ4n) is 3.97. The molecule has 3 heterocycles. The third-order valence-corrected chi connectivity index (χ3v) is 5.46. The molecule has 1 saturated heterocycles. The van der Waals surface area contributed by atoms with Crippen molar-refractivity contribution in [3.05, 3.63) is 53.9 Å². The highest BCUT2D eigenvalue weighted by Crippen LogP contribution is 2.36. The largest absolute Gasteiger partial charge is 0.381 e. The lowest BCUT2D eigenvalue weighted by Gasteiger charge is -2.38. The van der Waals surface area contributed by atoms with Crippen LogP contribution < -0.4 is 5.32 Å². The smallest absolute Gasteiger partial charge is 0.231 e. The SMILES string of the molecule is O=C(N[C@H]1CCc2cncn2C1)C1(c2cccc(F)c2)CCOCC1. The second-order valence-corrected chi connectivity index (χ2v) is 6.95. The van der Waals surface area contributed by atoms with Gasteiger partial charge in [0, 0.05) is 37.7 Å². The van der Waals surface area contributed by atoms with Crippen LogP contribution in [0.1, 0.15) is 30.5 Å². The minimum atomic E-state index is -0.713. The molecule has 5 nitrogen and oxygen atoms in total. The molecule has 132 valence electrons. The van der Waals surface area contributed by atoms with Gasteiger partial charge >= 0.3 is 0 Å². The van der Waals surface area contributed by atoms with Crippen LogP contribution in [0.15, 0.2) is 36.8 Å². The van der Waals surface area contributed by atoms with Crippen LogP contribution in [-0.2, 0) is 27.9 Å². The molecular weight excluding hydrogens is 321 g/mol. The van der Waals surface area contributed by atoms with E-state index in [4.69, 9.17) is 4.74 Å². The van der Waals surface area contributed by atoms with Crippen LogP contribution in [0, 0.1) is 5.82 Å². The fourth-order valence-corrected chi connectivity index (χ4v) is 3.97. The Hall–Kier alpha value is -2.21. The normalized spacial score (nSPS) is 22.2. The highest BCUT2D eigenvalue weighted by molar-refractivity contribution is 5.88. The van der Waals surface area contributed by atoms with Gasteiger partial charge in [-0.05, 0) is 43.4 Å². The molecule has 1 N–H and O–H groups in total. The van der Waals surface area contributed by atoms with E-state index in [0.29, 0.717) is 26.1 Å². The maximum absolute atomic E-state index is 13.8. The summed E-state index contributed by atoms with van der Waals surface area (Å²) in [6, 6.07) is 6.49. The summed E-state index contributed by atoms with van der Waals surface area (Å²) in [5.41, 5.74) is 1.24. The lowest BCUT2D eigenvalue weighted by Crippen LogP contribution is -2.52. The van der Waals surface area contributed by atoms with Crippen LogP contribution in [0.4, 0.5) is 4.39 Å². The van der Waals surface area contributed by atoms with Gasteiger partial charge in [0.2, 0.25) is 5.91 Å². The number of hydrogen-bond donors (Lipinski definition) is 1. The molecule has 25 heavy (non-hydrogen) atoms. The number of carbonyl (C=O) groups excluding carboxylic acids is 1. The molecule has 0 unspecified atom stereocenters. The molecule has 1 atom stereocenters. The van der Waals surface area contributed by atoms with E-state index in [9.17, 15) is 9.18 Å². The third-order valence-electron chi connectivity index (χ3n) is 5.46. The first-order valence-electron chi connectivity index (χ1n) is 8.81. The van der Waals surface area contributed by atoms with Crippen LogP contribution in [0.2, 0.25) is 0 Å². The van der Waals surface area contributed by atoms with Gasteiger partial charge in [0.15, 0.2) is 0 Å². The van der Waals surface area contributed by atoms with Crippen molar-refractivity contribution in [2.75, 3.05) is 13.2 Å². The van der Waals surface area contributed by atoms with E-state index >= 15 is 0 Å². The first kappa shape index (κ1) is 16.3. The summed E-state index contributed by atoms with van der Waals surface area (Å²) in [7, 11) is 0. The standard InChI is InChI=1S/C19H22FN3O2/c20-15-3-1-2-14(10-15)19(6-8-25-9-7-19)18(24)22-16-4-5-17-11-21-13-23(17)12-16/h1-3,10-11,13,16H,4-9,12H2,(H,22,24)/t16-/m0/s1. The predicted molar refractivity (Wildman–Crippen MR) is 90.6 cm³/mol. The van der Waals surface area contributed by atoms with Gasteiger partial charge in [-0.1, -0.05) is 12.1 Å². The van der Waals surface area contributed by atoms with E-state index in [2.05, 4.69) is 14.9 Å². The highest BCUT2D eigenvalue weighted by atomic mass is 19.1. The molecule has 0 aliphatic carbocycles. The maximum atomic E-state index is 13.8. The number of aromatic nitrogens is 2. The maximum Gasteiger partial charge on any atom is 0.231 e. The van der Waals surface area contributed by atoms with Crippen molar-refractivity contribution in [2.24, 2.45) is 0 Å². The number of rotatable bonds is 3. The Bertz CT molecular complexity index is 768. The first-order chi connectivity index (χ1) is 12.2. The molecule has 0 saturated carbocycles. The molecule has 2 aliphatic heterocycles. The average Bonchev–Trinajstić information content (AvgIpc) is 3.10. The van der Waals surface area contributed by atoms with Gasteiger partial charge < -0.3 is 14.6 Å². The number of aryl methyl sites for hydroxylation is 1. The topological polar surface area (TPSA) is 56.2 Å². The van der Waals surface area contributed by atoms with Crippen molar-refractivity contribution in [2.45, 2.75) is 43.7 Å². The van der Waals surface area contributed by atoms with E-state index in [-0.39, 0.29) is 17.8 Å². The second-order valence-electron chi connectivity index (χ2n) is 6.95. The Labute approximate surface area is 146 Å². The Morgan fingerprint density at radius 3 is 3.00 bits per heavy atom. The van der Waals surface area contributed by atoms with E-state index in [1.807, 2.05) is 18.6 Å². The van der Waals surface area contributed by atoms with E-state index < -0.39 is 5.41 Å². The number of amides is 1. The van der Waals surface area contributed by atoms with Gasteiger partial charge in [0.25, 0.3) is 0 Å². The van der Waals surface area contributed by atoms with Gasteiger partial charge in [0.05, 0.1) is 11.7 Å². The minimum Gasteiger partial charge on any atom is -0.381 e. The van der Waals surface area contributed by atoms with E-state index in [1.54, 1.807) is 6.07 Å². The Morgan fingerprint density at radius 2 is 2.20 bits per heavy atom. The highest BCUT2D eigenvalue weighted by Gasteiger charge is 2.42. The Kier molecular flexibility index (Phi) is 4.29. The number of fused-ring (bicyclic) bond motifs is 1. The van der Waals surface area contributed by atoms with Gasteiger partial charge in [-0.3, -0.25) is 4.79 Å². The van der Waals surface area contributed by atoms with Crippen LogP contribution in [0.25, 0.3) is 0 Å². The summed E-state index contributed by atoms with van der Waals surface area (Å²) in [6.07, 6.45) is 6.64. The summed E-state index contributed by atoms with van der Waals surface area (Å²) in [5.74, 6) is -0.327. The minimum absolute atomic E-state index is 0.0186. The van der Waals surface area contributed by atoms with Gasteiger partial charge in [-0.2, -0.15) is 0 Å². The fraction of sp³-hybridized carbons (Fsp3) is 0.474. The zero-order valence-corrected chi connectivity index (χ0v) is 14.1. The van der Waals surface area contributed by atoms with Crippen molar-refractivity contribution < 1.29 is 13.9 Å². The molecule has 0 radical (unpaired) electrons. The number of ether oxygens (including phenoxy) is 1. The monoisotopic (exact) mass is 343 g/mol. The zero-order chi connectivity index (χ0) is 17.3. The summed E-state index contributed by atoms with van der Waals surface area (Å²) in [5, 5.41) is 3.21. The average molecular weight is 343 g/mol. The third kappa shape index (κ3) is 3.06. The number of nitrogens with one attached hydrogen (secondary N) is 1. The van der Waals surface area contributed by atoms with Crippen LogP contribution >= 0.6 is 0 Å². The van der Waals surface area contributed by atoms with Crippen LogP contribution in [0.5, 0.6) is 0 Å². The molecule has 6 heteroatoms. The van der Waals surface area contributed by atoms with Crippen LogP contribution in [-0.4, -0.2) is 34.7 Å². The zero-order valence-electron chi connectivity index (χ0n) is 14.1. The summed E-state index contributed by atoms with van der Waals surface area (Å²) in [6.45, 7) is 1.76. The molecule has 4 rings (SSSR count). The molecule has 2 aromatic rings. The predicted octanol–water partition coefficient (Wildman–Crippen LogP) is 2.20. The van der Waals surface area contributed by atoms with Crippen molar-refractivity contribution in [1.29, 1.82) is 0 Å². The molecular formula is C19H22FN3O2. The molecule has 1 amide bonds. The molecule has 1 aromatic heterocycles. The first-order valence-corrected chi connectivity index (χ1v) is 8.81. The summed E-state index contributed by atoms with van der Waals surface area (Å²) in [4.78, 5) is 17.4. The second kappa shape index (κ2) is 6.59. The van der Waals surface area contributed by atoms with E-state index in [1.165, 1.54) is 17.8 Å². The van der Waals surface area contributed by atoms with Gasteiger partial charge in [-0.15, -0.1) is 0 Å². The molecule has 1 fully saturated rings. The number of benzene rings is 1. The lowest BCUT2D eigenvalue weighted by atomic mass is 9.73. The quantitative estimate of drug-likeness (QED) is 0.930. The lowest BCUT2D eigenvalue weighted by molar-refractivity contribution is -0.131. The van der Waals surface area contributed by atoms with Crippen molar-refractivity contribution in [1.82, 2.24) is 14.9 Å². The Morgan fingerprint density at radius 1 is 1.36 bits per heavy atom. The number of carbonyl (C=O) groups is 1. The number of nitrogens with zero attached hydrogens (tertiary/aromatic N) is 2. The molecule has 2 aliphatic rings. The number of halogens is 1.